The zero-order valence-corrected chi connectivity index (χ0v) is 9.96. The van der Waals surface area contributed by atoms with E-state index in [0.717, 1.165) is 10.4 Å². The van der Waals surface area contributed by atoms with E-state index in [-0.39, 0.29) is 5.78 Å². The van der Waals surface area contributed by atoms with Gasteiger partial charge in [0.25, 0.3) is 0 Å². The molecule has 1 aromatic carbocycles. The van der Waals surface area contributed by atoms with Gasteiger partial charge in [-0.2, -0.15) is 0 Å². The minimum Gasteiger partial charge on any atom is -0.288 e. The number of thiophene rings is 1. The van der Waals surface area contributed by atoms with Crippen molar-refractivity contribution in [3.8, 4) is 0 Å². The quantitative estimate of drug-likeness (QED) is 0.585. The molecular formula is C13H9ClOS. The van der Waals surface area contributed by atoms with Crippen LogP contribution < -0.4 is 0 Å². The molecule has 0 N–H and O–H groups in total. The van der Waals surface area contributed by atoms with Gasteiger partial charge < -0.3 is 0 Å². The summed E-state index contributed by atoms with van der Waals surface area (Å²) in [6, 6.07) is 11.1. The Morgan fingerprint density at radius 2 is 2.00 bits per heavy atom. The molecule has 2 aromatic rings. The molecule has 2 rings (SSSR count). The van der Waals surface area contributed by atoms with Crippen molar-refractivity contribution in [1.29, 1.82) is 0 Å². The molecule has 0 radical (unpaired) electrons. The molecule has 0 spiro atoms. The maximum Gasteiger partial charge on any atom is 0.195 e. The summed E-state index contributed by atoms with van der Waals surface area (Å²) in [6.07, 6.45) is 3.29. The zero-order valence-electron chi connectivity index (χ0n) is 8.39. The molecule has 1 heterocycles. The van der Waals surface area contributed by atoms with Crippen molar-refractivity contribution in [3.05, 3.63) is 63.3 Å². The van der Waals surface area contributed by atoms with Gasteiger partial charge in [0.1, 0.15) is 0 Å². The number of carbonyl (C=O) groups is 1. The van der Waals surface area contributed by atoms with Crippen molar-refractivity contribution in [3.63, 3.8) is 0 Å². The summed E-state index contributed by atoms with van der Waals surface area (Å²) in [5.74, 6) is 0.00918. The fourth-order valence-corrected chi connectivity index (χ4v) is 2.12. The van der Waals surface area contributed by atoms with Gasteiger partial charge in [0.15, 0.2) is 5.78 Å². The van der Waals surface area contributed by atoms with Gasteiger partial charge in [-0.1, -0.05) is 35.9 Å². The first-order valence-electron chi connectivity index (χ1n) is 4.78. The Labute approximate surface area is 103 Å². The molecule has 0 atom stereocenters. The van der Waals surface area contributed by atoms with Gasteiger partial charge in [-0.05, 0) is 35.2 Å². The van der Waals surface area contributed by atoms with Crippen molar-refractivity contribution in [2.24, 2.45) is 0 Å². The highest BCUT2D eigenvalue weighted by Gasteiger charge is 2.02. The van der Waals surface area contributed by atoms with Crippen molar-refractivity contribution in [2.45, 2.75) is 0 Å². The molecule has 16 heavy (non-hydrogen) atoms. The first-order valence-corrected chi connectivity index (χ1v) is 6.03. The highest BCUT2D eigenvalue weighted by molar-refractivity contribution is 7.12. The van der Waals surface area contributed by atoms with Crippen LogP contribution in [0.3, 0.4) is 0 Å². The molecule has 80 valence electrons. The number of hydrogen-bond acceptors (Lipinski definition) is 2. The van der Waals surface area contributed by atoms with Crippen molar-refractivity contribution < 1.29 is 4.79 Å². The summed E-state index contributed by atoms with van der Waals surface area (Å²) in [5.41, 5.74) is 0.856. The topological polar surface area (TPSA) is 17.1 Å². The molecule has 0 amide bonds. The second-order valence-corrected chi connectivity index (χ2v) is 4.55. The van der Waals surface area contributed by atoms with E-state index in [0.29, 0.717) is 5.02 Å². The number of benzene rings is 1. The number of halogens is 1. The molecule has 0 bridgehead atoms. The van der Waals surface area contributed by atoms with E-state index in [2.05, 4.69) is 0 Å². The van der Waals surface area contributed by atoms with Gasteiger partial charge in [0.05, 0.1) is 4.88 Å². The number of allylic oxidation sites excluding steroid dienone is 1. The SMILES string of the molecule is O=C(/C=C\c1ccccc1Cl)c1cccs1. The Morgan fingerprint density at radius 1 is 1.19 bits per heavy atom. The van der Waals surface area contributed by atoms with Gasteiger partial charge in [0.2, 0.25) is 0 Å². The lowest BCUT2D eigenvalue weighted by molar-refractivity contribution is 0.105. The highest BCUT2D eigenvalue weighted by atomic mass is 35.5. The second-order valence-electron chi connectivity index (χ2n) is 3.20. The average Bonchev–Trinajstić information content (AvgIpc) is 2.81. The number of hydrogen-bond donors (Lipinski definition) is 0. The van der Waals surface area contributed by atoms with Crippen molar-refractivity contribution in [2.75, 3.05) is 0 Å². The first kappa shape index (κ1) is 11.1. The normalized spacial score (nSPS) is 10.8. The summed E-state index contributed by atoms with van der Waals surface area (Å²) in [5, 5.41) is 2.54. The van der Waals surface area contributed by atoms with Crippen LogP contribution in [0.15, 0.2) is 47.9 Å². The third-order valence-corrected chi connectivity index (χ3v) is 3.31. The Hall–Kier alpha value is -1.38. The van der Waals surface area contributed by atoms with Gasteiger partial charge in [-0.3, -0.25) is 4.79 Å². The van der Waals surface area contributed by atoms with Crippen LogP contribution in [0.2, 0.25) is 5.02 Å². The average molecular weight is 249 g/mol. The minimum atomic E-state index is 0.00918. The molecule has 0 fully saturated rings. The van der Waals surface area contributed by atoms with E-state index in [1.165, 1.54) is 11.3 Å². The van der Waals surface area contributed by atoms with E-state index < -0.39 is 0 Å². The van der Waals surface area contributed by atoms with Crippen molar-refractivity contribution in [1.82, 2.24) is 0 Å². The molecule has 1 aromatic heterocycles. The van der Waals surface area contributed by atoms with Gasteiger partial charge in [0, 0.05) is 5.02 Å². The fraction of sp³-hybridized carbons (Fsp3) is 0. The fourth-order valence-electron chi connectivity index (χ4n) is 1.28. The van der Waals surface area contributed by atoms with Crippen LogP contribution in [-0.2, 0) is 0 Å². The van der Waals surface area contributed by atoms with E-state index in [9.17, 15) is 4.79 Å². The largest absolute Gasteiger partial charge is 0.288 e. The van der Waals surface area contributed by atoms with E-state index in [1.54, 1.807) is 18.2 Å². The van der Waals surface area contributed by atoms with Crippen LogP contribution in [-0.4, -0.2) is 5.78 Å². The van der Waals surface area contributed by atoms with Gasteiger partial charge in [-0.15, -0.1) is 11.3 Å². The van der Waals surface area contributed by atoms with Crippen LogP contribution in [0.25, 0.3) is 6.08 Å². The number of carbonyl (C=O) groups excluding carboxylic acids is 1. The summed E-state index contributed by atoms with van der Waals surface area (Å²) in [4.78, 5) is 12.4. The lowest BCUT2D eigenvalue weighted by atomic mass is 10.2. The molecule has 0 saturated heterocycles. The van der Waals surface area contributed by atoms with E-state index in [4.69, 9.17) is 11.6 Å². The second kappa shape index (κ2) is 5.10. The molecule has 1 nitrogen and oxygen atoms in total. The predicted octanol–water partition coefficient (Wildman–Crippen LogP) is 4.30. The van der Waals surface area contributed by atoms with Crippen LogP contribution in [0.4, 0.5) is 0 Å². The summed E-state index contributed by atoms with van der Waals surface area (Å²) >= 11 is 7.41. The Morgan fingerprint density at radius 3 is 2.69 bits per heavy atom. The molecule has 0 aliphatic rings. The third kappa shape index (κ3) is 2.60. The Balaban J connectivity index is 2.16. The lowest BCUT2D eigenvalue weighted by Crippen LogP contribution is -1.88. The van der Waals surface area contributed by atoms with Crippen molar-refractivity contribution >= 4 is 34.8 Å². The Kier molecular flexibility index (Phi) is 3.54. The van der Waals surface area contributed by atoms with E-state index >= 15 is 0 Å². The zero-order chi connectivity index (χ0) is 11.4. The summed E-state index contributed by atoms with van der Waals surface area (Å²) < 4.78 is 0. The van der Waals surface area contributed by atoms with E-state index in [1.807, 2.05) is 35.7 Å². The molecular weight excluding hydrogens is 240 g/mol. The highest BCUT2D eigenvalue weighted by Crippen LogP contribution is 2.17. The molecule has 0 saturated carbocycles. The first-order chi connectivity index (χ1) is 7.77. The summed E-state index contributed by atoms with van der Waals surface area (Å²) in [7, 11) is 0. The van der Waals surface area contributed by atoms with Crippen LogP contribution in [0, 0.1) is 0 Å². The van der Waals surface area contributed by atoms with Gasteiger partial charge >= 0.3 is 0 Å². The van der Waals surface area contributed by atoms with Crippen LogP contribution >= 0.6 is 22.9 Å². The van der Waals surface area contributed by atoms with Crippen LogP contribution in [0.5, 0.6) is 0 Å². The molecule has 0 unspecified atom stereocenters. The smallest absolute Gasteiger partial charge is 0.195 e. The Bertz CT molecular complexity index is 514. The molecule has 3 heteroatoms. The molecule has 0 aliphatic carbocycles. The summed E-state index contributed by atoms with van der Waals surface area (Å²) in [6.45, 7) is 0. The maximum atomic E-state index is 11.7. The lowest BCUT2D eigenvalue weighted by Gasteiger charge is -1.95. The van der Waals surface area contributed by atoms with Crippen LogP contribution in [0.1, 0.15) is 15.2 Å². The maximum absolute atomic E-state index is 11.7. The van der Waals surface area contributed by atoms with Gasteiger partial charge in [-0.25, -0.2) is 0 Å². The third-order valence-electron chi connectivity index (χ3n) is 2.08. The standard InChI is InChI=1S/C13H9ClOS/c14-11-5-2-1-4-10(11)7-8-12(15)13-6-3-9-16-13/h1-9H/b8-7-. The number of rotatable bonds is 3. The monoisotopic (exact) mass is 248 g/mol. The minimum absolute atomic E-state index is 0.00918. The number of ketones is 1. The predicted molar refractivity (Wildman–Crippen MR) is 69.1 cm³/mol. The molecule has 0 aliphatic heterocycles.